The molecule has 0 aliphatic carbocycles. The maximum absolute atomic E-state index is 12.3. The third kappa shape index (κ3) is 4.57. The van der Waals surface area contributed by atoms with Crippen molar-refractivity contribution in [2.75, 3.05) is 11.6 Å². The number of carbonyl (C=O) groups excluding carboxylic acids is 2. The highest BCUT2D eigenvalue weighted by Crippen LogP contribution is 2.20. The molecule has 2 aromatic heterocycles. The Labute approximate surface area is 172 Å². The summed E-state index contributed by atoms with van der Waals surface area (Å²) < 4.78 is 10.5. The van der Waals surface area contributed by atoms with Crippen molar-refractivity contribution in [3.05, 3.63) is 60.7 Å². The highest BCUT2D eigenvalue weighted by Gasteiger charge is 2.26. The Morgan fingerprint density at radius 3 is 2.80 bits per heavy atom. The molecule has 0 unspecified atom stereocenters. The number of aromatic nitrogens is 3. The lowest BCUT2D eigenvalue weighted by Crippen LogP contribution is -2.35. The molecule has 0 spiro atoms. The van der Waals surface area contributed by atoms with Crippen molar-refractivity contribution >= 4 is 23.3 Å². The molecular formula is C21H19N5O4. The average molecular weight is 405 g/mol. The van der Waals surface area contributed by atoms with Crippen molar-refractivity contribution in [1.29, 1.82) is 0 Å². The van der Waals surface area contributed by atoms with Gasteiger partial charge in [0.25, 0.3) is 0 Å². The monoisotopic (exact) mass is 405 g/mol. The number of hydrogen-bond donors (Lipinski definition) is 0. The second kappa shape index (κ2) is 9.08. The number of para-hydroxylation sites is 1. The van der Waals surface area contributed by atoms with E-state index in [1.165, 1.54) is 5.01 Å². The lowest BCUT2D eigenvalue weighted by Gasteiger charge is -2.22. The van der Waals surface area contributed by atoms with E-state index < -0.39 is 5.97 Å². The van der Waals surface area contributed by atoms with E-state index in [0.29, 0.717) is 30.2 Å². The average Bonchev–Trinajstić information content (AvgIpc) is 3.27. The predicted molar refractivity (Wildman–Crippen MR) is 107 cm³/mol. The minimum Gasteiger partial charge on any atom is -0.461 e. The van der Waals surface area contributed by atoms with Gasteiger partial charge in [-0.15, -0.1) is 0 Å². The van der Waals surface area contributed by atoms with Gasteiger partial charge in [0.2, 0.25) is 17.6 Å². The zero-order valence-corrected chi connectivity index (χ0v) is 16.1. The number of pyridine rings is 1. The second-order valence-electron chi connectivity index (χ2n) is 6.58. The maximum Gasteiger partial charge on any atom is 0.354 e. The van der Waals surface area contributed by atoms with Crippen LogP contribution in [0.4, 0.5) is 5.69 Å². The molecule has 9 nitrogen and oxygen atoms in total. The van der Waals surface area contributed by atoms with Gasteiger partial charge in [-0.3, -0.25) is 9.78 Å². The molecule has 1 aliphatic rings. The van der Waals surface area contributed by atoms with E-state index in [2.05, 4.69) is 20.2 Å². The first-order valence-corrected chi connectivity index (χ1v) is 9.56. The summed E-state index contributed by atoms with van der Waals surface area (Å²) >= 11 is 0. The van der Waals surface area contributed by atoms with Crippen LogP contribution in [0.2, 0.25) is 0 Å². The van der Waals surface area contributed by atoms with Crippen molar-refractivity contribution in [1.82, 2.24) is 15.1 Å². The fraction of sp³-hybridized carbons (Fsp3) is 0.238. The number of aryl methyl sites for hydroxylation is 1. The molecule has 3 heterocycles. The highest BCUT2D eigenvalue weighted by molar-refractivity contribution is 6.38. The van der Waals surface area contributed by atoms with Gasteiger partial charge in [-0.2, -0.15) is 10.1 Å². The molecular weight excluding hydrogens is 386 g/mol. The number of hydrazone groups is 1. The quantitative estimate of drug-likeness (QED) is 0.439. The maximum atomic E-state index is 12.3. The molecule has 0 fully saturated rings. The van der Waals surface area contributed by atoms with Crippen molar-refractivity contribution < 1.29 is 18.8 Å². The molecule has 3 aromatic rings. The number of nitrogens with zero attached hydrogens (tertiary/aromatic N) is 5. The first-order valence-electron chi connectivity index (χ1n) is 9.56. The van der Waals surface area contributed by atoms with Crippen LogP contribution in [0.3, 0.4) is 0 Å². The zero-order valence-electron chi connectivity index (χ0n) is 16.1. The van der Waals surface area contributed by atoms with E-state index in [4.69, 9.17) is 9.26 Å². The van der Waals surface area contributed by atoms with Gasteiger partial charge in [0.15, 0.2) is 0 Å². The van der Waals surface area contributed by atoms with Crippen LogP contribution < -0.4 is 5.01 Å². The zero-order chi connectivity index (χ0) is 20.8. The fourth-order valence-electron chi connectivity index (χ4n) is 2.91. The predicted octanol–water partition coefficient (Wildman–Crippen LogP) is 2.79. The third-order valence-corrected chi connectivity index (χ3v) is 4.42. The Balaban J connectivity index is 1.29. The van der Waals surface area contributed by atoms with Gasteiger partial charge in [-0.25, -0.2) is 9.80 Å². The number of ether oxygens (including phenoxy) is 1. The molecule has 30 heavy (non-hydrogen) atoms. The van der Waals surface area contributed by atoms with Crippen LogP contribution in [0.25, 0.3) is 11.4 Å². The molecule has 0 saturated heterocycles. The van der Waals surface area contributed by atoms with Crippen molar-refractivity contribution in [2.24, 2.45) is 5.10 Å². The van der Waals surface area contributed by atoms with Crippen LogP contribution in [-0.2, 0) is 20.7 Å². The van der Waals surface area contributed by atoms with E-state index in [1.54, 1.807) is 30.6 Å². The number of carbonyl (C=O) groups is 2. The molecule has 152 valence electrons. The van der Waals surface area contributed by atoms with Crippen molar-refractivity contribution in [3.63, 3.8) is 0 Å². The lowest BCUT2D eigenvalue weighted by molar-refractivity contribution is -0.135. The number of rotatable bonds is 7. The molecule has 9 heteroatoms. The lowest BCUT2D eigenvalue weighted by atomic mass is 10.1. The van der Waals surface area contributed by atoms with Gasteiger partial charge in [0.1, 0.15) is 5.71 Å². The fourth-order valence-corrected chi connectivity index (χ4v) is 2.91. The van der Waals surface area contributed by atoms with Crippen LogP contribution in [0, 0.1) is 0 Å². The summed E-state index contributed by atoms with van der Waals surface area (Å²) in [7, 11) is 0. The standard InChI is InChI=1S/C21H19N5O4/c27-19-11-10-17(24-26(19)16-7-2-1-3-8-16)21(28)29-13-5-9-18-23-20(25-30-18)15-6-4-12-22-14-15/h1-4,6-8,12,14H,5,9-11,13H2. The molecule has 0 atom stereocenters. The molecule has 1 aromatic carbocycles. The Morgan fingerprint density at radius 1 is 1.13 bits per heavy atom. The number of amides is 1. The number of hydrogen-bond acceptors (Lipinski definition) is 8. The van der Waals surface area contributed by atoms with Gasteiger partial charge in [0.05, 0.1) is 12.3 Å². The van der Waals surface area contributed by atoms with Crippen LogP contribution in [0.1, 0.15) is 25.2 Å². The van der Waals surface area contributed by atoms with Gasteiger partial charge in [0, 0.05) is 37.2 Å². The summed E-state index contributed by atoms with van der Waals surface area (Å²) in [6, 6.07) is 12.6. The van der Waals surface area contributed by atoms with Gasteiger partial charge in [-0.05, 0) is 30.7 Å². The van der Waals surface area contributed by atoms with Crippen LogP contribution in [0.15, 0.2) is 64.5 Å². The molecule has 0 radical (unpaired) electrons. The SMILES string of the molecule is O=C(OCCCc1nc(-c2cccnc2)no1)C1=NN(c2ccccc2)C(=O)CC1. The smallest absolute Gasteiger partial charge is 0.354 e. The first kappa shape index (κ1) is 19.4. The van der Waals surface area contributed by atoms with E-state index >= 15 is 0 Å². The number of anilines is 1. The summed E-state index contributed by atoms with van der Waals surface area (Å²) in [5.74, 6) is 0.252. The Hall–Kier alpha value is -3.88. The molecule has 1 aliphatic heterocycles. The first-order chi connectivity index (χ1) is 14.7. The Morgan fingerprint density at radius 2 is 2.00 bits per heavy atom. The highest BCUT2D eigenvalue weighted by atomic mass is 16.5. The van der Waals surface area contributed by atoms with E-state index in [9.17, 15) is 9.59 Å². The topological polar surface area (TPSA) is 111 Å². The molecule has 4 rings (SSSR count). The van der Waals surface area contributed by atoms with Crippen molar-refractivity contribution in [3.8, 4) is 11.4 Å². The summed E-state index contributed by atoms with van der Waals surface area (Å²) in [6.07, 6.45) is 4.80. The molecule has 1 amide bonds. The molecule has 0 saturated carbocycles. The minimum atomic E-state index is -0.523. The summed E-state index contributed by atoms with van der Waals surface area (Å²) in [4.78, 5) is 32.8. The summed E-state index contributed by atoms with van der Waals surface area (Å²) in [5.41, 5.74) is 1.62. The van der Waals surface area contributed by atoms with E-state index in [0.717, 1.165) is 5.56 Å². The number of benzene rings is 1. The van der Waals surface area contributed by atoms with E-state index in [-0.39, 0.29) is 31.1 Å². The Kier molecular flexibility index (Phi) is 5.88. The van der Waals surface area contributed by atoms with Crippen LogP contribution in [-0.4, -0.2) is 39.3 Å². The number of esters is 1. The van der Waals surface area contributed by atoms with Gasteiger partial charge in [-0.1, -0.05) is 23.4 Å². The van der Waals surface area contributed by atoms with Gasteiger partial charge >= 0.3 is 5.97 Å². The van der Waals surface area contributed by atoms with Crippen LogP contribution in [0.5, 0.6) is 0 Å². The normalized spacial score (nSPS) is 13.8. The second-order valence-corrected chi connectivity index (χ2v) is 6.58. The van der Waals surface area contributed by atoms with Crippen molar-refractivity contribution in [2.45, 2.75) is 25.7 Å². The summed E-state index contributed by atoms with van der Waals surface area (Å²) in [6.45, 7) is 0.182. The third-order valence-electron chi connectivity index (χ3n) is 4.42. The van der Waals surface area contributed by atoms with E-state index in [1.807, 2.05) is 24.3 Å². The molecule has 0 bridgehead atoms. The Bertz CT molecular complexity index is 1050. The minimum absolute atomic E-state index is 0.154. The summed E-state index contributed by atoms with van der Waals surface area (Å²) in [5, 5.41) is 9.36. The largest absolute Gasteiger partial charge is 0.461 e. The molecule has 0 N–H and O–H groups in total. The van der Waals surface area contributed by atoms with Gasteiger partial charge < -0.3 is 9.26 Å². The van der Waals surface area contributed by atoms with Crippen LogP contribution >= 0.6 is 0 Å².